The van der Waals surface area contributed by atoms with Crippen LogP contribution in [0.15, 0.2) is 30.5 Å². The van der Waals surface area contributed by atoms with Crippen LogP contribution in [0.4, 0.5) is 5.69 Å². The van der Waals surface area contributed by atoms with Crippen LogP contribution in [0.5, 0.6) is 0 Å². The van der Waals surface area contributed by atoms with Gasteiger partial charge >= 0.3 is 0 Å². The lowest BCUT2D eigenvalue weighted by molar-refractivity contribution is 0.995. The lowest BCUT2D eigenvalue weighted by atomic mass is 10.1. The number of pyridine rings is 1. The van der Waals surface area contributed by atoms with Gasteiger partial charge in [-0.3, -0.25) is 4.98 Å². The molecule has 0 amide bonds. The van der Waals surface area contributed by atoms with Crippen molar-refractivity contribution in [2.45, 2.75) is 13.3 Å². The fraction of sp³-hybridized carbons (Fsp3) is 0.357. The number of benzene rings is 1. The van der Waals surface area contributed by atoms with Gasteiger partial charge in [0.25, 0.3) is 0 Å². The van der Waals surface area contributed by atoms with Gasteiger partial charge in [0.05, 0.1) is 5.52 Å². The minimum absolute atomic E-state index is 1.02. The summed E-state index contributed by atoms with van der Waals surface area (Å²) < 4.78 is 0. The minimum atomic E-state index is 1.02. The molecule has 1 heterocycles. The van der Waals surface area contributed by atoms with E-state index in [1.807, 2.05) is 24.0 Å². The van der Waals surface area contributed by atoms with Gasteiger partial charge in [-0.15, -0.1) is 0 Å². The first-order valence-electron chi connectivity index (χ1n) is 5.90. The molecule has 90 valence electrons. The summed E-state index contributed by atoms with van der Waals surface area (Å²) in [5, 5.41) is 4.72. The quantitative estimate of drug-likeness (QED) is 0.814. The van der Waals surface area contributed by atoms with Gasteiger partial charge < -0.3 is 5.32 Å². The van der Waals surface area contributed by atoms with Gasteiger partial charge in [0.15, 0.2) is 0 Å². The maximum Gasteiger partial charge on any atom is 0.0751 e. The van der Waals surface area contributed by atoms with E-state index in [-0.39, 0.29) is 0 Å². The standard InChI is InChI=1S/C14H18N2S/c1-11-6-7-13(15-9-4-10-17-2)12-5-3-8-16-14(11)12/h3,5-8,15H,4,9-10H2,1-2H3. The molecule has 0 aliphatic rings. The van der Waals surface area contributed by atoms with E-state index < -0.39 is 0 Å². The van der Waals surface area contributed by atoms with Crippen molar-refractivity contribution in [2.24, 2.45) is 0 Å². The summed E-state index contributed by atoms with van der Waals surface area (Å²) in [5.74, 6) is 1.20. The molecular weight excluding hydrogens is 228 g/mol. The fourth-order valence-electron chi connectivity index (χ4n) is 1.91. The number of hydrogen-bond donors (Lipinski definition) is 1. The Kier molecular flexibility index (Phi) is 4.26. The molecule has 17 heavy (non-hydrogen) atoms. The molecular formula is C14H18N2S. The zero-order valence-electron chi connectivity index (χ0n) is 10.4. The lowest BCUT2D eigenvalue weighted by Crippen LogP contribution is -2.03. The van der Waals surface area contributed by atoms with Gasteiger partial charge in [-0.1, -0.05) is 6.07 Å². The highest BCUT2D eigenvalue weighted by molar-refractivity contribution is 7.98. The predicted octanol–water partition coefficient (Wildman–Crippen LogP) is 3.71. The van der Waals surface area contributed by atoms with Crippen LogP contribution in [0.1, 0.15) is 12.0 Å². The number of hydrogen-bond acceptors (Lipinski definition) is 3. The van der Waals surface area contributed by atoms with Gasteiger partial charge in [-0.2, -0.15) is 11.8 Å². The Morgan fingerprint density at radius 1 is 1.29 bits per heavy atom. The van der Waals surface area contributed by atoms with Crippen LogP contribution >= 0.6 is 11.8 Å². The predicted molar refractivity (Wildman–Crippen MR) is 78.0 cm³/mol. The van der Waals surface area contributed by atoms with Gasteiger partial charge in [0, 0.05) is 23.8 Å². The molecule has 1 aromatic carbocycles. The van der Waals surface area contributed by atoms with Crippen molar-refractivity contribution in [2.75, 3.05) is 23.9 Å². The van der Waals surface area contributed by atoms with E-state index in [2.05, 4.69) is 41.7 Å². The van der Waals surface area contributed by atoms with E-state index in [9.17, 15) is 0 Å². The smallest absolute Gasteiger partial charge is 0.0751 e. The van der Waals surface area contributed by atoms with E-state index in [1.54, 1.807) is 0 Å². The first-order chi connectivity index (χ1) is 8.33. The maximum atomic E-state index is 4.44. The first-order valence-corrected chi connectivity index (χ1v) is 7.29. The molecule has 1 N–H and O–H groups in total. The number of aromatic nitrogens is 1. The van der Waals surface area contributed by atoms with Crippen LogP contribution in [0, 0.1) is 6.92 Å². The molecule has 0 saturated heterocycles. The lowest BCUT2D eigenvalue weighted by Gasteiger charge is -2.10. The van der Waals surface area contributed by atoms with Crippen LogP contribution in [-0.2, 0) is 0 Å². The molecule has 2 aromatic rings. The highest BCUT2D eigenvalue weighted by Crippen LogP contribution is 2.24. The van der Waals surface area contributed by atoms with Crippen molar-refractivity contribution in [3.05, 3.63) is 36.0 Å². The normalized spacial score (nSPS) is 10.7. The third-order valence-electron chi connectivity index (χ3n) is 2.81. The number of fused-ring (bicyclic) bond motifs is 1. The van der Waals surface area contributed by atoms with Crippen molar-refractivity contribution in [1.29, 1.82) is 0 Å². The Labute approximate surface area is 107 Å². The van der Waals surface area contributed by atoms with Crippen LogP contribution in [0.3, 0.4) is 0 Å². The van der Waals surface area contributed by atoms with E-state index in [1.165, 1.54) is 28.8 Å². The average Bonchev–Trinajstić information content (AvgIpc) is 2.37. The number of nitrogens with zero attached hydrogens (tertiary/aromatic N) is 1. The molecule has 0 aliphatic heterocycles. The molecule has 0 fully saturated rings. The van der Waals surface area contributed by atoms with E-state index in [0.717, 1.165) is 12.1 Å². The van der Waals surface area contributed by atoms with Crippen molar-refractivity contribution in [3.8, 4) is 0 Å². The van der Waals surface area contributed by atoms with Crippen LogP contribution in [-0.4, -0.2) is 23.5 Å². The zero-order valence-corrected chi connectivity index (χ0v) is 11.2. The number of rotatable bonds is 5. The Morgan fingerprint density at radius 3 is 3.00 bits per heavy atom. The second kappa shape index (κ2) is 5.92. The Bertz CT molecular complexity index is 497. The summed E-state index contributed by atoms with van der Waals surface area (Å²) >= 11 is 1.89. The summed E-state index contributed by atoms with van der Waals surface area (Å²) in [6.07, 6.45) is 5.19. The molecule has 0 spiro atoms. The summed E-state index contributed by atoms with van der Waals surface area (Å²) in [7, 11) is 0. The van der Waals surface area contributed by atoms with Gasteiger partial charge in [-0.25, -0.2) is 0 Å². The largest absolute Gasteiger partial charge is 0.384 e. The van der Waals surface area contributed by atoms with Gasteiger partial charge in [0.1, 0.15) is 0 Å². The minimum Gasteiger partial charge on any atom is -0.384 e. The van der Waals surface area contributed by atoms with Crippen molar-refractivity contribution in [1.82, 2.24) is 4.98 Å². The van der Waals surface area contributed by atoms with E-state index in [0.29, 0.717) is 0 Å². The van der Waals surface area contributed by atoms with E-state index >= 15 is 0 Å². The zero-order chi connectivity index (χ0) is 12.1. The molecule has 0 atom stereocenters. The van der Waals surface area contributed by atoms with Crippen LogP contribution < -0.4 is 5.32 Å². The number of thioether (sulfide) groups is 1. The third-order valence-corrected chi connectivity index (χ3v) is 3.51. The van der Waals surface area contributed by atoms with Crippen molar-refractivity contribution >= 4 is 28.4 Å². The number of anilines is 1. The van der Waals surface area contributed by atoms with Crippen LogP contribution in [0.25, 0.3) is 10.9 Å². The molecule has 0 aliphatic carbocycles. The first kappa shape index (κ1) is 12.2. The summed E-state index contributed by atoms with van der Waals surface area (Å²) in [6.45, 7) is 3.13. The summed E-state index contributed by atoms with van der Waals surface area (Å²) in [4.78, 5) is 4.44. The van der Waals surface area contributed by atoms with E-state index in [4.69, 9.17) is 0 Å². The highest BCUT2D eigenvalue weighted by atomic mass is 32.2. The summed E-state index contributed by atoms with van der Waals surface area (Å²) in [5.41, 5.74) is 3.53. The SMILES string of the molecule is CSCCCNc1ccc(C)c2ncccc12. The molecule has 2 rings (SSSR count). The molecule has 0 unspecified atom stereocenters. The average molecular weight is 246 g/mol. The molecule has 0 saturated carbocycles. The fourth-order valence-corrected chi connectivity index (χ4v) is 2.34. The number of nitrogens with one attached hydrogen (secondary N) is 1. The topological polar surface area (TPSA) is 24.9 Å². The molecule has 3 heteroatoms. The van der Waals surface area contributed by atoms with Gasteiger partial charge in [-0.05, 0) is 49.1 Å². The molecule has 0 bridgehead atoms. The van der Waals surface area contributed by atoms with Gasteiger partial charge in [0.2, 0.25) is 0 Å². The second-order valence-corrected chi connectivity index (χ2v) is 5.09. The molecule has 0 radical (unpaired) electrons. The Balaban J connectivity index is 2.20. The molecule has 1 aromatic heterocycles. The Morgan fingerprint density at radius 2 is 2.18 bits per heavy atom. The third kappa shape index (κ3) is 2.91. The number of aryl methyl sites for hydroxylation is 1. The van der Waals surface area contributed by atoms with Crippen molar-refractivity contribution in [3.63, 3.8) is 0 Å². The molecule has 2 nitrogen and oxygen atoms in total. The second-order valence-electron chi connectivity index (χ2n) is 4.10. The summed E-state index contributed by atoms with van der Waals surface area (Å²) in [6, 6.07) is 8.41. The highest BCUT2D eigenvalue weighted by Gasteiger charge is 2.03. The Hall–Kier alpha value is -1.22. The maximum absolute atomic E-state index is 4.44. The van der Waals surface area contributed by atoms with Crippen molar-refractivity contribution < 1.29 is 0 Å². The monoisotopic (exact) mass is 246 g/mol. The van der Waals surface area contributed by atoms with Crippen LogP contribution in [0.2, 0.25) is 0 Å².